The van der Waals surface area contributed by atoms with Crippen LogP contribution in [0.15, 0.2) is 35.3 Å². The van der Waals surface area contributed by atoms with E-state index in [-0.39, 0.29) is 17.7 Å². The predicted molar refractivity (Wildman–Crippen MR) is 126 cm³/mol. The summed E-state index contributed by atoms with van der Waals surface area (Å²) in [5.41, 5.74) is 8.91. The first-order valence-corrected chi connectivity index (χ1v) is 10.9. The predicted octanol–water partition coefficient (Wildman–Crippen LogP) is 3.13. The van der Waals surface area contributed by atoms with Crippen LogP contribution in [0.1, 0.15) is 39.2 Å². The lowest BCUT2D eigenvalue weighted by Gasteiger charge is -2.34. The van der Waals surface area contributed by atoms with Crippen molar-refractivity contribution < 1.29 is 14.3 Å². The Hall–Kier alpha value is -3.00. The maximum absolute atomic E-state index is 12.2. The Balaban J connectivity index is 1.81. The summed E-state index contributed by atoms with van der Waals surface area (Å²) in [6, 6.07) is 7.33. The first kappa shape index (κ1) is 23.7. The fourth-order valence-electron chi connectivity index (χ4n) is 4.00. The van der Waals surface area contributed by atoms with Crippen molar-refractivity contribution in [3.05, 3.63) is 46.4 Å². The van der Waals surface area contributed by atoms with Crippen LogP contribution in [0.5, 0.6) is 5.75 Å². The largest absolute Gasteiger partial charge is 0.496 e. The maximum atomic E-state index is 12.2. The van der Waals surface area contributed by atoms with E-state index in [0.29, 0.717) is 18.0 Å². The number of rotatable bonds is 5. The van der Waals surface area contributed by atoms with Gasteiger partial charge in [0.1, 0.15) is 11.4 Å². The van der Waals surface area contributed by atoms with Gasteiger partial charge in [0.25, 0.3) is 5.56 Å². The van der Waals surface area contributed by atoms with Crippen LogP contribution >= 0.6 is 0 Å². The summed E-state index contributed by atoms with van der Waals surface area (Å²) < 4.78 is 12.4. The smallest absolute Gasteiger partial charge is 0.407 e. The third-order valence-electron chi connectivity index (χ3n) is 5.45. The molecule has 174 valence electrons. The summed E-state index contributed by atoms with van der Waals surface area (Å²) in [5, 5.41) is 3.00. The van der Waals surface area contributed by atoms with Crippen LogP contribution in [0.2, 0.25) is 0 Å². The number of nitrogen functional groups attached to an aromatic ring is 1. The number of carbonyl (C=O) groups excluding carboxylic acids is 1. The van der Waals surface area contributed by atoms with Crippen LogP contribution in [-0.2, 0) is 18.3 Å². The zero-order valence-electron chi connectivity index (χ0n) is 19.6. The van der Waals surface area contributed by atoms with E-state index < -0.39 is 5.60 Å². The molecular weight excluding hydrogens is 408 g/mol. The van der Waals surface area contributed by atoms with Crippen molar-refractivity contribution in [2.24, 2.45) is 7.05 Å². The lowest BCUT2D eigenvalue weighted by Crippen LogP contribution is -2.48. The van der Waals surface area contributed by atoms with Gasteiger partial charge < -0.3 is 25.1 Å². The molecule has 3 rings (SSSR count). The molecule has 8 nitrogen and oxygen atoms in total. The molecular formula is C24H34N4O4. The molecule has 1 atom stereocenters. The summed E-state index contributed by atoms with van der Waals surface area (Å²) >= 11 is 0. The van der Waals surface area contributed by atoms with Crippen LogP contribution in [0, 0.1) is 0 Å². The highest BCUT2D eigenvalue weighted by Crippen LogP contribution is 2.33. The van der Waals surface area contributed by atoms with Crippen molar-refractivity contribution in [1.82, 2.24) is 14.8 Å². The van der Waals surface area contributed by atoms with E-state index in [1.807, 2.05) is 39.0 Å². The molecule has 1 fully saturated rings. The lowest BCUT2D eigenvalue weighted by atomic mass is 9.97. The standard InChI is InChI=1S/C24H34N4O4/c1-24(2,3)32-23(30)26-18-7-6-10-28(14-18)13-16-8-9-17(25)11-19(16)20-15-27(4)22(29)12-21(20)31-5/h8-9,11-12,15,18H,6-7,10,13-14,25H2,1-5H3,(H,26,30). The number of aromatic nitrogens is 1. The molecule has 1 aromatic carbocycles. The summed E-state index contributed by atoms with van der Waals surface area (Å²) in [6.45, 7) is 7.92. The van der Waals surface area contributed by atoms with Gasteiger partial charge in [-0.25, -0.2) is 4.79 Å². The number of nitrogens with two attached hydrogens (primary N) is 1. The first-order valence-electron chi connectivity index (χ1n) is 10.9. The molecule has 2 aromatic rings. The number of carbonyl (C=O) groups is 1. The Bertz CT molecular complexity index is 1030. The van der Waals surface area contributed by atoms with Crippen molar-refractivity contribution in [2.75, 3.05) is 25.9 Å². The monoisotopic (exact) mass is 442 g/mol. The second-order valence-corrected chi connectivity index (χ2v) is 9.34. The van der Waals surface area contributed by atoms with Crippen LogP contribution in [0.25, 0.3) is 11.1 Å². The number of aryl methyl sites for hydroxylation is 1. The number of nitrogens with zero attached hydrogens (tertiary/aromatic N) is 2. The second kappa shape index (κ2) is 9.65. The van der Waals surface area contributed by atoms with Crippen molar-refractivity contribution >= 4 is 11.8 Å². The molecule has 1 saturated heterocycles. The normalized spacial score (nSPS) is 17.1. The Morgan fingerprint density at radius 3 is 2.69 bits per heavy atom. The van der Waals surface area contributed by atoms with E-state index in [1.165, 1.54) is 10.6 Å². The number of anilines is 1. The van der Waals surface area contributed by atoms with Gasteiger partial charge in [0.15, 0.2) is 0 Å². The summed E-state index contributed by atoms with van der Waals surface area (Å²) in [6.07, 6.45) is 3.29. The highest BCUT2D eigenvalue weighted by Gasteiger charge is 2.25. The molecule has 0 spiro atoms. The van der Waals surface area contributed by atoms with E-state index >= 15 is 0 Å². The Kier molecular flexibility index (Phi) is 7.13. The van der Waals surface area contributed by atoms with Crippen LogP contribution in [-0.4, -0.2) is 47.4 Å². The second-order valence-electron chi connectivity index (χ2n) is 9.34. The van der Waals surface area contributed by atoms with E-state index in [9.17, 15) is 9.59 Å². The Morgan fingerprint density at radius 1 is 1.25 bits per heavy atom. The molecule has 1 aliphatic rings. The quantitative estimate of drug-likeness (QED) is 0.691. The summed E-state index contributed by atoms with van der Waals surface area (Å²) in [7, 11) is 3.27. The van der Waals surface area contributed by atoms with Gasteiger partial charge in [-0.15, -0.1) is 0 Å². The topological polar surface area (TPSA) is 98.8 Å². The molecule has 32 heavy (non-hydrogen) atoms. The molecule has 3 N–H and O–H groups in total. The number of likely N-dealkylation sites (tertiary alicyclic amines) is 1. The maximum Gasteiger partial charge on any atom is 0.407 e. The van der Waals surface area contributed by atoms with E-state index in [4.69, 9.17) is 15.2 Å². The van der Waals surface area contributed by atoms with Crippen LogP contribution in [0.3, 0.4) is 0 Å². The SMILES string of the molecule is COc1cc(=O)n(C)cc1-c1cc(N)ccc1CN1CCCC(NC(=O)OC(C)(C)C)C1. The van der Waals surface area contributed by atoms with Gasteiger partial charge in [-0.05, 0) is 63.4 Å². The molecule has 0 radical (unpaired) electrons. The summed E-state index contributed by atoms with van der Waals surface area (Å²) in [4.78, 5) is 26.6. The van der Waals surface area contributed by atoms with Crippen molar-refractivity contribution in [1.29, 1.82) is 0 Å². The molecule has 1 aromatic heterocycles. The number of hydrogen-bond donors (Lipinski definition) is 2. The molecule has 0 bridgehead atoms. The zero-order valence-corrected chi connectivity index (χ0v) is 19.6. The van der Waals surface area contributed by atoms with Crippen molar-refractivity contribution in [3.63, 3.8) is 0 Å². The van der Waals surface area contributed by atoms with Gasteiger partial charge >= 0.3 is 6.09 Å². The number of benzene rings is 1. The van der Waals surface area contributed by atoms with E-state index in [0.717, 1.165) is 42.6 Å². The molecule has 1 aliphatic heterocycles. The minimum absolute atomic E-state index is 0.0305. The lowest BCUT2D eigenvalue weighted by molar-refractivity contribution is 0.0470. The van der Waals surface area contributed by atoms with Crippen molar-refractivity contribution in [3.8, 4) is 16.9 Å². The molecule has 2 heterocycles. The molecule has 0 saturated carbocycles. The van der Waals surface area contributed by atoms with Gasteiger partial charge in [0.05, 0.1) is 7.11 Å². The van der Waals surface area contributed by atoms with Gasteiger partial charge in [-0.3, -0.25) is 9.69 Å². The minimum atomic E-state index is -0.522. The number of amides is 1. The van der Waals surface area contributed by atoms with Crippen LogP contribution in [0.4, 0.5) is 10.5 Å². The molecule has 1 unspecified atom stereocenters. The molecule has 8 heteroatoms. The van der Waals surface area contributed by atoms with E-state index in [2.05, 4.69) is 10.2 Å². The van der Waals surface area contributed by atoms with Gasteiger partial charge in [-0.2, -0.15) is 0 Å². The number of pyridine rings is 1. The first-order chi connectivity index (χ1) is 15.1. The van der Waals surface area contributed by atoms with E-state index in [1.54, 1.807) is 20.4 Å². The summed E-state index contributed by atoms with van der Waals surface area (Å²) in [5.74, 6) is 0.517. The van der Waals surface area contributed by atoms with Gasteiger partial charge in [0.2, 0.25) is 0 Å². The number of nitrogens with one attached hydrogen (secondary N) is 1. The molecule has 1 amide bonds. The van der Waals surface area contributed by atoms with Gasteiger partial charge in [-0.1, -0.05) is 6.07 Å². The third kappa shape index (κ3) is 6.03. The number of methoxy groups -OCH3 is 1. The third-order valence-corrected chi connectivity index (χ3v) is 5.45. The number of alkyl carbamates (subject to hydrolysis) is 1. The van der Waals surface area contributed by atoms with Crippen LogP contribution < -0.4 is 21.3 Å². The highest BCUT2D eigenvalue weighted by molar-refractivity contribution is 5.75. The van der Waals surface area contributed by atoms with Crippen molar-refractivity contribution in [2.45, 2.75) is 51.8 Å². The Labute approximate surface area is 189 Å². The zero-order chi connectivity index (χ0) is 23.5. The molecule has 0 aliphatic carbocycles. The average molecular weight is 443 g/mol. The Morgan fingerprint density at radius 2 is 2.00 bits per heavy atom. The average Bonchev–Trinajstić information content (AvgIpc) is 2.70. The number of piperidine rings is 1. The fraction of sp³-hybridized carbons (Fsp3) is 0.500. The minimum Gasteiger partial charge on any atom is -0.496 e. The number of hydrogen-bond acceptors (Lipinski definition) is 6. The fourth-order valence-corrected chi connectivity index (χ4v) is 4.00. The number of ether oxygens (including phenoxy) is 2. The van der Waals surface area contributed by atoms with Gasteiger partial charge in [0, 0.05) is 49.7 Å². The highest BCUT2D eigenvalue weighted by atomic mass is 16.6.